The number of carboxylic acids is 1. The summed E-state index contributed by atoms with van der Waals surface area (Å²) in [5.41, 5.74) is 3.29. The quantitative estimate of drug-likeness (QED) is 0.310. The molecule has 3 N–H and O–H groups in total. The van der Waals surface area contributed by atoms with Crippen molar-refractivity contribution in [3.8, 4) is 0 Å². The fourth-order valence-corrected chi connectivity index (χ4v) is 1.43. The molecule has 102 valence electrons. The molecule has 0 amide bonds. The molecule has 7 heteroatoms. The van der Waals surface area contributed by atoms with Crippen LogP contribution < -0.4 is 10.7 Å². The maximum atomic E-state index is 11.0. The van der Waals surface area contributed by atoms with Crippen molar-refractivity contribution >= 4 is 29.5 Å². The maximum absolute atomic E-state index is 11.0. The van der Waals surface area contributed by atoms with Crippen LogP contribution in [0.3, 0.4) is 0 Å². The van der Waals surface area contributed by atoms with Crippen molar-refractivity contribution in [2.24, 2.45) is 5.10 Å². The monoisotopic (exact) mass is 281 g/mol. The molecule has 0 saturated heterocycles. The molecule has 0 bridgehead atoms. The lowest BCUT2D eigenvalue weighted by Gasteiger charge is -2.05. The first-order valence-corrected chi connectivity index (χ1v) is 5.94. The van der Waals surface area contributed by atoms with Crippen molar-refractivity contribution in [2.45, 2.75) is 0 Å². The van der Waals surface area contributed by atoms with Gasteiger partial charge in [0.2, 0.25) is 0 Å². The number of hydrazone groups is 1. The second-order valence-electron chi connectivity index (χ2n) is 3.51. The number of carboxylic acid groups (broad SMARTS) is 1. The van der Waals surface area contributed by atoms with Gasteiger partial charge in [-0.15, -0.1) is 0 Å². The van der Waals surface area contributed by atoms with E-state index in [1.165, 1.54) is 12.3 Å². The van der Waals surface area contributed by atoms with Crippen LogP contribution in [0.1, 0.15) is 15.9 Å². The van der Waals surface area contributed by atoms with Crippen molar-refractivity contribution in [3.63, 3.8) is 0 Å². The Morgan fingerprint density at radius 1 is 1.53 bits per heavy atom. The first-order chi connectivity index (χ1) is 9.15. The lowest BCUT2D eigenvalue weighted by atomic mass is 10.1. The minimum atomic E-state index is -0.997. The van der Waals surface area contributed by atoms with E-state index >= 15 is 0 Å². The van der Waals surface area contributed by atoms with Crippen LogP contribution in [0.5, 0.6) is 0 Å². The molecule has 0 aliphatic rings. The molecule has 19 heavy (non-hydrogen) atoms. The summed E-state index contributed by atoms with van der Waals surface area (Å²) in [6.07, 6.45) is 1.41. The van der Waals surface area contributed by atoms with Gasteiger partial charge in [-0.25, -0.2) is 4.79 Å². The minimum Gasteiger partial charge on any atom is -0.478 e. The highest BCUT2D eigenvalue weighted by atomic mass is 32.1. The molecule has 0 aliphatic carbocycles. The highest BCUT2D eigenvalue weighted by molar-refractivity contribution is 7.80. The first-order valence-electron chi connectivity index (χ1n) is 5.53. The molecule has 0 heterocycles. The summed E-state index contributed by atoms with van der Waals surface area (Å²) in [6.45, 7) is 1.11. The van der Waals surface area contributed by atoms with Crippen molar-refractivity contribution in [1.82, 2.24) is 10.7 Å². The fraction of sp³-hybridized carbons (Fsp3) is 0.250. The molecule has 0 aliphatic heterocycles. The van der Waals surface area contributed by atoms with Crippen LogP contribution in [0.2, 0.25) is 0 Å². The summed E-state index contributed by atoms with van der Waals surface area (Å²) in [5.74, 6) is -0.997. The molecule has 0 atom stereocenters. The Labute approximate surface area is 116 Å². The normalized spacial score (nSPS) is 10.4. The highest BCUT2D eigenvalue weighted by Crippen LogP contribution is 2.05. The third kappa shape index (κ3) is 5.45. The minimum absolute atomic E-state index is 0.186. The summed E-state index contributed by atoms with van der Waals surface area (Å²) in [6, 6.07) is 6.57. The molecular weight excluding hydrogens is 266 g/mol. The van der Waals surface area contributed by atoms with Crippen LogP contribution in [0.15, 0.2) is 29.4 Å². The number of hydrogen-bond donors (Lipinski definition) is 3. The molecule has 0 spiro atoms. The number of methoxy groups -OCH3 is 1. The molecule has 1 aromatic rings. The Bertz CT molecular complexity index is 477. The lowest BCUT2D eigenvalue weighted by molar-refractivity contribution is 0.0697. The van der Waals surface area contributed by atoms with Crippen molar-refractivity contribution in [2.75, 3.05) is 20.3 Å². The molecule has 0 radical (unpaired) electrons. The number of aromatic carboxylic acids is 1. The summed E-state index contributed by atoms with van der Waals surface area (Å²) in [4.78, 5) is 11.0. The molecule has 0 unspecified atom stereocenters. The number of thiocarbonyl (C=S) groups is 1. The van der Waals surface area contributed by atoms with Crippen LogP contribution in [-0.2, 0) is 4.74 Å². The van der Waals surface area contributed by atoms with Gasteiger partial charge in [-0.2, -0.15) is 5.10 Å². The van der Waals surface area contributed by atoms with E-state index in [0.29, 0.717) is 23.8 Å². The Hall–Kier alpha value is -1.99. The van der Waals surface area contributed by atoms with Gasteiger partial charge in [0.25, 0.3) is 0 Å². The van der Waals surface area contributed by atoms with Crippen LogP contribution in [0.4, 0.5) is 0 Å². The molecule has 0 saturated carbocycles. The van der Waals surface area contributed by atoms with Gasteiger partial charge in [-0.1, -0.05) is 18.2 Å². The van der Waals surface area contributed by atoms with E-state index in [1.54, 1.807) is 25.3 Å². The van der Waals surface area contributed by atoms with Gasteiger partial charge in [-0.3, -0.25) is 5.43 Å². The van der Waals surface area contributed by atoms with Crippen LogP contribution in [0.25, 0.3) is 0 Å². The van der Waals surface area contributed by atoms with Gasteiger partial charge in [0.05, 0.1) is 18.4 Å². The smallest absolute Gasteiger partial charge is 0.336 e. The zero-order valence-corrected chi connectivity index (χ0v) is 11.2. The first kappa shape index (κ1) is 15.1. The van der Waals surface area contributed by atoms with Gasteiger partial charge in [-0.05, 0) is 18.3 Å². The number of benzene rings is 1. The predicted octanol–water partition coefficient (Wildman–Crippen LogP) is 0.829. The van der Waals surface area contributed by atoms with Crippen molar-refractivity contribution < 1.29 is 14.6 Å². The maximum Gasteiger partial charge on any atom is 0.336 e. The topological polar surface area (TPSA) is 83.0 Å². The van der Waals surface area contributed by atoms with E-state index in [9.17, 15) is 4.79 Å². The fourth-order valence-electron chi connectivity index (χ4n) is 1.27. The Morgan fingerprint density at radius 3 is 2.95 bits per heavy atom. The van der Waals surface area contributed by atoms with E-state index in [4.69, 9.17) is 22.1 Å². The highest BCUT2D eigenvalue weighted by Gasteiger charge is 2.06. The molecule has 1 rings (SSSR count). The number of rotatable bonds is 6. The molecule has 0 fully saturated rings. The third-order valence-corrected chi connectivity index (χ3v) is 2.39. The zero-order chi connectivity index (χ0) is 14.1. The van der Waals surface area contributed by atoms with E-state index in [0.717, 1.165) is 0 Å². The van der Waals surface area contributed by atoms with Crippen LogP contribution >= 0.6 is 12.2 Å². The second kappa shape index (κ2) is 8.17. The van der Waals surface area contributed by atoms with Gasteiger partial charge in [0, 0.05) is 19.2 Å². The van der Waals surface area contributed by atoms with Crippen LogP contribution in [-0.4, -0.2) is 42.7 Å². The van der Waals surface area contributed by atoms with Crippen LogP contribution in [0, 0.1) is 0 Å². The van der Waals surface area contributed by atoms with Gasteiger partial charge < -0.3 is 15.2 Å². The SMILES string of the molecule is COCCNC(=S)N/N=C/c1ccccc1C(=O)O. The summed E-state index contributed by atoms with van der Waals surface area (Å²) >= 11 is 4.96. The average molecular weight is 281 g/mol. The van der Waals surface area contributed by atoms with Gasteiger partial charge >= 0.3 is 5.97 Å². The predicted molar refractivity (Wildman–Crippen MR) is 76.6 cm³/mol. The number of hydrogen-bond acceptors (Lipinski definition) is 4. The Balaban J connectivity index is 2.53. The summed E-state index contributed by atoms with van der Waals surface area (Å²) in [7, 11) is 1.60. The number of nitrogens with zero attached hydrogens (tertiary/aromatic N) is 1. The standard InChI is InChI=1S/C12H15N3O3S/c1-18-7-6-13-12(19)15-14-8-9-4-2-3-5-10(9)11(16)17/h2-5,8H,6-7H2,1H3,(H,16,17)(H2,13,15,19)/b14-8+. The zero-order valence-electron chi connectivity index (χ0n) is 10.4. The summed E-state index contributed by atoms with van der Waals surface area (Å²) < 4.78 is 4.85. The summed E-state index contributed by atoms with van der Waals surface area (Å²) in [5, 5.41) is 16.1. The number of nitrogens with one attached hydrogen (secondary N) is 2. The van der Waals surface area contributed by atoms with E-state index in [2.05, 4.69) is 15.8 Å². The average Bonchev–Trinajstić information content (AvgIpc) is 2.39. The Kier molecular flexibility index (Phi) is 6.48. The molecule has 0 aromatic heterocycles. The van der Waals surface area contributed by atoms with Gasteiger partial charge in [0.1, 0.15) is 0 Å². The number of carbonyl (C=O) groups is 1. The molecule has 6 nitrogen and oxygen atoms in total. The molecular formula is C12H15N3O3S. The van der Waals surface area contributed by atoms with E-state index < -0.39 is 5.97 Å². The Morgan fingerprint density at radius 2 is 2.26 bits per heavy atom. The molecule has 1 aromatic carbocycles. The lowest BCUT2D eigenvalue weighted by Crippen LogP contribution is -2.34. The largest absolute Gasteiger partial charge is 0.478 e. The number of ether oxygens (including phenoxy) is 1. The van der Waals surface area contributed by atoms with E-state index in [-0.39, 0.29) is 5.56 Å². The van der Waals surface area contributed by atoms with Crippen molar-refractivity contribution in [1.29, 1.82) is 0 Å². The third-order valence-electron chi connectivity index (χ3n) is 2.15. The second-order valence-corrected chi connectivity index (χ2v) is 3.92. The van der Waals surface area contributed by atoms with Crippen molar-refractivity contribution in [3.05, 3.63) is 35.4 Å². The van der Waals surface area contributed by atoms with Gasteiger partial charge in [0.15, 0.2) is 5.11 Å². The van der Waals surface area contributed by atoms with E-state index in [1.807, 2.05) is 0 Å².